The Kier molecular flexibility index (Phi) is 4.49. The van der Waals surface area contributed by atoms with Crippen LogP contribution in [0, 0.1) is 0 Å². The normalized spacial score (nSPS) is 19.9. The summed E-state index contributed by atoms with van der Waals surface area (Å²) in [6, 6.07) is 5.65. The summed E-state index contributed by atoms with van der Waals surface area (Å²) in [4.78, 5) is 28.4. The van der Waals surface area contributed by atoms with Crippen LogP contribution in [0.15, 0.2) is 45.6 Å². The first kappa shape index (κ1) is 18.1. The number of fused-ring (bicyclic) bond motifs is 1. The third-order valence-corrected chi connectivity index (χ3v) is 7.10. The Labute approximate surface area is 168 Å². The number of allylic oxidation sites excluding steroid dienone is 1. The fourth-order valence-electron chi connectivity index (χ4n) is 3.01. The lowest BCUT2D eigenvalue weighted by atomic mass is 10.2. The number of hydrazone groups is 1. The Bertz CT molecular complexity index is 1210. The standard InChI is InChI=1S/C18H15ClN4O2S2/c1-4-7-23-16(25)14(27-17(23)13-9(2)20-21-15(13)24)18-22(3)11-8-10(19)5-6-12(11)26-18/h4-6,8H,1,7H2,2-3H3,(H,21,24)/b17-13+,18-14-. The van der Waals surface area contributed by atoms with Crippen LogP contribution in [0.3, 0.4) is 0 Å². The quantitative estimate of drug-likeness (QED) is 0.754. The van der Waals surface area contributed by atoms with Crippen LogP contribution in [0.25, 0.3) is 10.6 Å². The highest BCUT2D eigenvalue weighted by atomic mass is 35.5. The van der Waals surface area contributed by atoms with Gasteiger partial charge in [-0.15, -0.1) is 17.9 Å². The molecule has 4 rings (SSSR count). The van der Waals surface area contributed by atoms with Gasteiger partial charge in [0, 0.05) is 23.5 Å². The fraction of sp³-hybridized carbons (Fsp3) is 0.167. The molecule has 6 nitrogen and oxygen atoms in total. The molecule has 2 aromatic rings. The number of nitrogens with one attached hydrogen (secondary N) is 1. The van der Waals surface area contributed by atoms with E-state index in [1.807, 2.05) is 30.1 Å². The molecule has 2 aliphatic heterocycles. The Morgan fingerprint density at radius 1 is 1.37 bits per heavy atom. The lowest BCUT2D eigenvalue weighted by Crippen LogP contribution is -2.35. The molecule has 1 aromatic carbocycles. The number of benzene rings is 1. The molecule has 0 unspecified atom stereocenters. The van der Waals surface area contributed by atoms with Crippen LogP contribution >= 0.6 is 34.7 Å². The maximum Gasteiger partial charge on any atom is 0.276 e. The van der Waals surface area contributed by atoms with Gasteiger partial charge >= 0.3 is 0 Å². The summed E-state index contributed by atoms with van der Waals surface area (Å²) >= 11 is 8.94. The van der Waals surface area contributed by atoms with Crippen LogP contribution in [-0.4, -0.2) is 23.2 Å². The van der Waals surface area contributed by atoms with Crippen molar-refractivity contribution in [2.75, 3.05) is 11.9 Å². The van der Waals surface area contributed by atoms with Gasteiger partial charge in [0.05, 0.1) is 17.0 Å². The van der Waals surface area contributed by atoms with Crippen molar-refractivity contribution >= 4 is 62.6 Å². The molecule has 0 atom stereocenters. The first-order valence-corrected chi connectivity index (χ1v) is 10.1. The molecule has 0 saturated carbocycles. The summed E-state index contributed by atoms with van der Waals surface area (Å²) in [7, 11) is 1.91. The molecule has 0 bridgehead atoms. The number of rotatable bonds is 2. The number of anilines is 1. The summed E-state index contributed by atoms with van der Waals surface area (Å²) < 4.78 is 2.73. The van der Waals surface area contributed by atoms with Crippen LogP contribution < -0.4 is 25.1 Å². The molecule has 0 spiro atoms. The highest BCUT2D eigenvalue weighted by molar-refractivity contribution is 8.08. The van der Waals surface area contributed by atoms with Crippen LogP contribution in [0.5, 0.6) is 0 Å². The smallest absolute Gasteiger partial charge is 0.276 e. The molecular formula is C18H15ClN4O2S2. The van der Waals surface area contributed by atoms with Crippen LogP contribution in [0.4, 0.5) is 5.69 Å². The van der Waals surface area contributed by atoms with Gasteiger partial charge in [-0.1, -0.05) is 29.4 Å². The average Bonchev–Trinajstić information content (AvgIpc) is 3.24. The van der Waals surface area contributed by atoms with Crippen molar-refractivity contribution in [3.05, 3.63) is 55.4 Å². The SMILES string of the molecule is C=CCn1c(=O)/c(=C2/Sc3ccc(Cl)cc3N2C)s/c1=C1/C(=O)NN=C1C. The average molecular weight is 419 g/mol. The second-order valence-corrected chi connectivity index (χ2v) is 8.50. The highest BCUT2D eigenvalue weighted by Gasteiger charge is 2.27. The number of carbonyl (C=O) groups excluding carboxylic acids is 1. The van der Waals surface area contributed by atoms with E-state index < -0.39 is 0 Å². The van der Waals surface area contributed by atoms with Crippen LogP contribution in [0.2, 0.25) is 5.02 Å². The van der Waals surface area contributed by atoms with Crippen molar-refractivity contribution in [3.63, 3.8) is 0 Å². The van der Waals surface area contributed by atoms with Gasteiger partial charge in [-0.2, -0.15) is 5.10 Å². The van der Waals surface area contributed by atoms with Gasteiger partial charge in [0.25, 0.3) is 11.5 Å². The maximum atomic E-state index is 13.2. The number of aromatic nitrogens is 1. The highest BCUT2D eigenvalue weighted by Crippen LogP contribution is 2.46. The largest absolute Gasteiger partial charge is 0.337 e. The van der Waals surface area contributed by atoms with E-state index >= 15 is 0 Å². The topological polar surface area (TPSA) is 66.7 Å². The Morgan fingerprint density at radius 3 is 2.81 bits per heavy atom. The monoisotopic (exact) mass is 418 g/mol. The lowest BCUT2D eigenvalue weighted by Gasteiger charge is -2.12. The van der Waals surface area contributed by atoms with Gasteiger partial charge < -0.3 is 4.90 Å². The van der Waals surface area contributed by atoms with E-state index in [1.54, 1.807) is 17.6 Å². The Balaban J connectivity index is 2.04. The van der Waals surface area contributed by atoms with Gasteiger partial charge in [-0.25, -0.2) is 5.43 Å². The predicted molar refractivity (Wildman–Crippen MR) is 112 cm³/mol. The van der Waals surface area contributed by atoms with Crippen molar-refractivity contribution in [2.24, 2.45) is 5.10 Å². The summed E-state index contributed by atoms with van der Waals surface area (Å²) in [5, 5.41) is 5.44. The minimum atomic E-state index is -0.300. The second-order valence-electron chi connectivity index (χ2n) is 6.03. The second kappa shape index (κ2) is 6.70. The van der Waals surface area contributed by atoms with Crippen molar-refractivity contribution in [3.8, 4) is 0 Å². The minimum absolute atomic E-state index is 0.150. The molecule has 138 valence electrons. The Morgan fingerprint density at radius 2 is 2.15 bits per heavy atom. The molecule has 9 heteroatoms. The van der Waals surface area contributed by atoms with Gasteiger partial charge in [-0.3, -0.25) is 14.2 Å². The first-order valence-electron chi connectivity index (χ1n) is 8.07. The predicted octanol–water partition coefficient (Wildman–Crippen LogP) is 1.71. The van der Waals surface area contributed by atoms with Crippen molar-refractivity contribution in [1.82, 2.24) is 9.99 Å². The third-order valence-electron chi connectivity index (χ3n) is 4.31. The number of carbonyl (C=O) groups is 1. The molecule has 1 N–H and O–H groups in total. The van der Waals surface area contributed by atoms with Crippen molar-refractivity contribution in [1.29, 1.82) is 0 Å². The van der Waals surface area contributed by atoms with E-state index in [0.29, 0.717) is 32.0 Å². The Hall–Kier alpha value is -2.29. The van der Waals surface area contributed by atoms with Crippen molar-refractivity contribution < 1.29 is 4.79 Å². The van der Waals surface area contributed by atoms with E-state index in [1.165, 1.54) is 23.1 Å². The zero-order chi connectivity index (χ0) is 19.3. The number of amides is 1. The maximum absolute atomic E-state index is 13.2. The summed E-state index contributed by atoms with van der Waals surface area (Å²) in [5.74, 6) is -0.300. The molecule has 0 radical (unpaired) electrons. The summed E-state index contributed by atoms with van der Waals surface area (Å²) in [6.07, 6.45) is 1.64. The number of thioether (sulfide) groups is 1. The number of hydrogen-bond donors (Lipinski definition) is 1. The van der Waals surface area contributed by atoms with Gasteiger partial charge in [-0.05, 0) is 25.1 Å². The molecular weight excluding hydrogens is 404 g/mol. The number of hydrogen-bond acceptors (Lipinski definition) is 6. The molecule has 0 saturated heterocycles. The van der Waals surface area contributed by atoms with Gasteiger partial charge in [0.2, 0.25) is 0 Å². The van der Waals surface area contributed by atoms with E-state index in [-0.39, 0.29) is 11.5 Å². The van der Waals surface area contributed by atoms with Crippen LogP contribution in [0.1, 0.15) is 6.92 Å². The molecule has 1 aromatic heterocycles. The zero-order valence-corrected chi connectivity index (χ0v) is 17.0. The van der Waals surface area contributed by atoms with Crippen molar-refractivity contribution in [2.45, 2.75) is 18.4 Å². The molecule has 0 fully saturated rings. The van der Waals surface area contributed by atoms with E-state index in [4.69, 9.17) is 11.6 Å². The van der Waals surface area contributed by atoms with E-state index in [9.17, 15) is 9.59 Å². The number of thiazole rings is 1. The third kappa shape index (κ3) is 2.84. The first-order chi connectivity index (χ1) is 12.9. The minimum Gasteiger partial charge on any atom is -0.337 e. The molecule has 2 aliphatic rings. The summed E-state index contributed by atoms with van der Waals surface area (Å²) in [6.45, 7) is 5.80. The lowest BCUT2D eigenvalue weighted by molar-refractivity contribution is -0.115. The van der Waals surface area contributed by atoms with Crippen LogP contribution in [-0.2, 0) is 11.3 Å². The summed E-state index contributed by atoms with van der Waals surface area (Å²) in [5.41, 5.74) is 4.26. The molecule has 27 heavy (non-hydrogen) atoms. The fourth-order valence-corrected chi connectivity index (χ4v) is 5.71. The van der Waals surface area contributed by atoms with E-state index in [2.05, 4.69) is 17.1 Å². The van der Waals surface area contributed by atoms with Gasteiger partial charge in [0.1, 0.15) is 14.2 Å². The zero-order valence-electron chi connectivity index (χ0n) is 14.6. The number of nitrogens with zero attached hydrogens (tertiary/aromatic N) is 3. The van der Waals surface area contributed by atoms with Gasteiger partial charge in [0.15, 0.2) is 0 Å². The number of halogens is 1. The van der Waals surface area contributed by atoms with E-state index in [0.717, 1.165) is 15.6 Å². The molecule has 1 amide bonds. The molecule has 3 heterocycles. The molecule has 0 aliphatic carbocycles.